The van der Waals surface area contributed by atoms with Crippen molar-refractivity contribution in [3.63, 3.8) is 0 Å². The van der Waals surface area contributed by atoms with Crippen LogP contribution in [0.4, 0.5) is 4.39 Å². The first kappa shape index (κ1) is 20.9. The van der Waals surface area contributed by atoms with Gasteiger partial charge in [-0.2, -0.15) is 0 Å². The molecule has 1 aromatic carbocycles. The number of benzene rings is 1. The summed E-state index contributed by atoms with van der Waals surface area (Å²) in [5.41, 5.74) is 2.19. The van der Waals surface area contributed by atoms with Crippen LogP contribution in [-0.4, -0.2) is 29.3 Å². The molecule has 1 atom stereocenters. The molecule has 0 aromatic heterocycles. The van der Waals surface area contributed by atoms with Crippen LogP contribution in [-0.2, 0) is 9.63 Å². The summed E-state index contributed by atoms with van der Waals surface area (Å²) in [5.74, 6) is 0.975. The Bertz CT molecular complexity index is 750. The molecule has 2 aliphatic heterocycles. The highest BCUT2D eigenvalue weighted by Crippen LogP contribution is 2.54. The van der Waals surface area contributed by atoms with E-state index in [1.54, 1.807) is 12.1 Å². The highest BCUT2D eigenvalue weighted by molar-refractivity contribution is 8.23. The number of amides is 1. The average molecular weight is 409 g/mol. The number of piperidine rings is 1. The third-order valence-corrected chi connectivity index (χ3v) is 7.46. The maximum atomic E-state index is 13.1. The monoisotopic (exact) mass is 408 g/mol. The predicted octanol–water partition coefficient (Wildman–Crippen LogP) is 3.93. The summed E-state index contributed by atoms with van der Waals surface area (Å²) in [4.78, 5) is 18.0. The van der Waals surface area contributed by atoms with Crippen molar-refractivity contribution in [1.82, 2.24) is 10.8 Å². The van der Waals surface area contributed by atoms with Gasteiger partial charge in [-0.3, -0.25) is 9.63 Å². The number of thiol groups is 1. The van der Waals surface area contributed by atoms with Crippen LogP contribution >= 0.6 is 10.9 Å². The number of carbonyl (C=O) groups excluding carboxylic acids is 1. The molecule has 5 nitrogen and oxygen atoms in total. The second kappa shape index (κ2) is 8.68. The van der Waals surface area contributed by atoms with Crippen molar-refractivity contribution >= 4 is 16.8 Å². The maximum Gasteiger partial charge on any atom is 0.244 e. The zero-order valence-electron chi connectivity index (χ0n) is 16.6. The summed E-state index contributed by atoms with van der Waals surface area (Å²) in [6.07, 6.45) is 4.22. The van der Waals surface area contributed by atoms with E-state index in [1.807, 2.05) is 26.8 Å². The Morgan fingerprint density at radius 2 is 1.93 bits per heavy atom. The molecule has 2 heterocycles. The maximum absolute atomic E-state index is 13.1. The normalized spacial score (nSPS) is 22.6. The van der Waals surface area contributed by atoms with Gasteiger partial charge < -0.3 is 10.1 Å². The number of halogens is 1. The summed E-state index contributed by atoms with van der Waals surface area (Å²) < 4.78 is 18.8. The van der Waals surface area contributed by atoms with Gasteiger partial charge in [0.1, 0.15) is 17.3 Å². The van der Waals surface area contributed by atoms with Crippen LogP contribution in [0.5, 0.6) is 5.75 Å². The zero-order chi connectivity index (χ0) is 20.2. The van der Waals surface area contributed by atoms with Gasteiger partial charge in [0.15, 0.2) is 0 Å². The minimum atomic E-state index is -0.659. The molecule has 2 aliphatic rings. The number of ether oxygens (including phenoxy) is 1. The van der Waals surface area contributed by atoms with Crippen molar-refractivity contribution in [3.05, 3.63) is 52.7 Å². The van der Waals surface area contributed by atoms with E-state index in [-0.39, 0.29) is 16.5 Å². The lowest BCUT2D eigenvalue weighted by Crippen LogP contribution is -2.45. The van der Waals surface area contributed by atoms with Gasteiger partial charge >= 0.3 is 0 Å². The largest absolute Gasteiger partial charge is 0.457 e. The first-order valence-electron chi connectivity index (χ1n) is 9.55. The number of hydrogen-bond acceptors (Lipinski definition) is 4. The van der Waals surface area contributed by atoms with Crippen LogP contribution in [0.25, 0.3) is 0 Å². The van der Waals surface area contributed by atoms with Crippen LogP contribution < -0.4 is 15.5 Å². The standard InChI is InChI=1S/C21H29FN2O3S/c1-20(2,3)27-24-19(25)14-21(9-11-23-12-10-21)28-13-8-18(15-28)26-17-6-4-16(22)5-7-17/h4-8,13,15,23,28H,9-12,14H2,1-3H3,(H,24,25). The number of rotatable bonds is 6. The summed E-state index contributed by atoms with van der Waals surface area (Å²) in [6, 6.07) is 5.99. The smallest absolute Gasteiger partial charge is 0.244 e. The second-order valence-electron chi connectivity index (χ2n) is 8.20. The highest BCUT2D eigenvalue weighted by atomic mass is 32.2. The molecular formula is C21H29FN2O3S. The van der Waals surface area contributed by atoms with Crippen molar-refractivity contribution in [2.45, 2.75) is 50.4 Å². The van der Waals surface area contributed by atoms with E-state index in [1.165, 1.54) is 12.1 Å². The molecule has 7 heteroatoms. The van der Waals surface area contributed by atoms with Crippen molar-refractivity contribution in [2.75, 3.05) is 13.1 Å². The first-order chi connectivity index (χ1) is 13.3. The highest BCUT2D eigenvalue weighted by Gasteiger charge is 2.39. The van der Waals surface area contributed by atoms with Crippen LogP contribution in [0.15, 0.2) is 46.9 Å². The van der Waals surface area contributed by atoms with Crippen LogP contribution in [0.3, 0.4) is 0 Å². The SMILES string of the molecule is CC(C)(C)ONC(=O)CC1([SH]2C=CC(Oc3ccc(F)cc3)=C2)CCNCC1. The van der Waals surface area contributed by atoms with E-state index in [4.69, 9.17) is 9.57 Å². The lowest BCUT2D eigenvalue weighted by molar-refractivity contribution is -0.146. The number of hydrogen-bond donors (Lipinski definition) is 3. The molecule has 0 bridgehead atoms. The Labute approximate surface area is 168 Å². The number of carbonyl (C=O) groups is 1. The topological polar surface area (TPSA) is 59.6 Å². The minimum absolute atomic E-state index is 0.0889. The quantitative estimate of drug-likeness (QED) is 0.493. The van der Waals surface area contributed by atoms with E-state index in [0.29, 0.717) is 12.2 Å². The third kappa shape index (κ3) is 5.59. The van der Waals surface area contributed by atoms with Crippen LogP contribution in [0, 0.1) is 5.82 Å². The molecule has 1 unspecified atom stereocenters. The van der Waals surface area contributed by atoms with E-state index in [0.717, 1.165) is 31.7 Å². The number of allylic oxidation sites excluding steroid dienone is 1. The Morgan fingerprint density at radius 3 is 2.57 bits per heavy atom. The Kier molecular flexibility index (Phi) is 6.47. The summed E-state index contributed by atoms with van der Waals surface area (Å²) >= 11 is 0. The number of hydroxylamine groups is 1. The van der Waals surface area contributed by atoms with Gasteiger partial charge in [-0.1, -0.05) is 0 Å². The van der Waals surface area contributed by atoms with E-state index >= 15 is 0 Å². The third-order valence-electron chi connectivity index (χ3n) is 4.76. The zero-order valence-corrected chi connectivity index (χ0v) is 17.5. The van der Waals surface area contributed by atoms with Crippen molar-refractivity contribution in [1.29, 1.82) is 0 Å². The molecule has 0 spiro atoms. The summed E-state index contributed by atoms with van der Waals surface area (Å²) in [7, 11) is -0.659. The fourth-order valence-electron chi connectivity index (χ4n) is 3.33. The van der Waals surface area contributed by atoms with Crippen molar-refractivity contribution in [2.24, 2.45) is 0 Å². The van der Waals surface area contributed by atoms with Crippen molar-refractivity contribution < 1.29 is 18.8 Å². The van der Waals surface area contributed by atoms with Gasteiger partial charge in [0.25, 0.3) is 0 Å². The fourth-order valence-corrected chi connectivity index (χ4v) is 5.80. The summed E-state index contributed by atoms with van der Waals surface area (Å²) in [5, 5.41) is 7.68. The molecule has 0 aliphatic carbocycles. The molecule has 154 valence electrons. The van der Waals surface area contributed by atoms with Gasteiger partial charge in [-0.25, -0.2) is 20.8 Å². The van der Waals surface area contributed by atoms with E-state index < -0.39 is 16.5 Å². The van der Waals surface area contributed by atoms with Crippen molar-refractivity contribution in [3.8, 4) is 5.75 Å². The number of nitrogens with one attached hydrogen (secondary N) is 2. The Hall–Kier alpha value is -1.83. The molecule has 1 aromatic rings. The summed E-state index contributed by atoms with van der Waals surface area (Å²) in [6.45, 7) is 7.49. The molecule has 1 saturated heterocycles. The van der Waals surface area contributed by atoms with Gasteiger partial charge in [0.2, 0.25) is 5.91 Å². The fraction of sp³-hybridized carbons (Fsp3) is 0.476. The molecule has 0 saturated carbocycles. The van der Waals surface area contributed by atoms with Gasteiger partial charge in [0.05, 0.1) is 5.60 Å². The van der Waals surface area contributed by atoms with Crippen LogP contribution in [0.1, 0.15) is 40.0 Å². The molecule has 1 fully saturated rings. The molecular weight excluding hydrogens is 379 g/mol. The van der Waals surface area contributed by atoms with Gasteiger partial charge in [-0.15, -0.1) is 0 Å². The van der Waals surface area contributed by atoms with E-state index in [9.17, 15) is 9.18 Å². The minimum Gasteiger partial charge on any atom is -0.457 e. The molecule has 0 radical (unpaired) electrons. The van der Waals surface area contributed by atoms with Gasteiger partial charge in [-0.05, 0) is 87.9 Å². The molecule has 2 N–H and O–H groups in total. The van der Waals surface area contributed by atoms with Crippen LogP contribution in [0.2, 0.25) is 0 Å². The second-order valence-corrected chi connectivity index (χ2v) is 10.5. The molecule has 3 rings (SSSR count). The van der Waals surface area contributed by atoms with Gasteiger partial charge in [0, 0.05) is 11.2 Å². The lowest BCUT2D eigenvalue weighted by atomic mass is 9.93. The molecule has 28 heavy (non-hydrogen) atoms. The van der Waals surface area contributed by atoms with E-state index in [2.05, 4.69) is 21.6 Å². The Balaban J connectivity index is 1.69. The predicted molar refractivity (Wildman–Crippen MR) is 112 cm³/mol. The first-order valence-corrected chi connectivity index (χ1v) is 11.0. The molecule has 1 amide bonds. The average Bonchev–Trinajstić information content (AvgIpc) is 3.11. The Morgan fingerprint density at radius 1 is 1.25 bits per heavy atom. The lowest BCUT2D eigenvalue weighted by Gasteiger charge is -2.42.